The molecule has 0 amide bonds. The number of rotatable bonds is 1. The summed E-state index contributed by atoms with van der Waals surface area (Å²) in [5, 5.41) is 10.5. The Morgan fingerprint density at radius 2 is 1.24 bits per heavy atom. The topological polar surface area (TPSA) is 20.2 Å². The van der Waals surface area contributed by atoms with Crippen LogP contribution in [0.5, 0.6) is 5.75 Å². The molecular formula is C20H26O. The first kappa shape index (κ1) is 15.6. The number of hydrogen-bond acceptors (Lipinski definition) is 1. The first-order chi connectivity index (χ1) is 9.60. The third kappa shape index (κ3) is 3.29. The molecule has 2 rings (SSSR count). The summed E-state index contributed by atoms with van der Waals surface area (Å²) in [7, 11) is 0. The van der Waals surface area contributed by atoms with E-state index in [0.29, 0.717) is 5.75 Å². The predicted molar refractivity (Wildman–Crippen MR) is 90.9 cm³/mol. The molecule has 0 unspecified atom stereocenters. The molecule has 0 aliphatic rings. The van der Waals surface area contributed by atoms with Gasteiger partial charge in [0.1, 0.15) is 5.75 Å². The van der Waals surface area contributed by atoms with Crippen LogP contribution in [0.4, 0.5) is 0 Å². The van der Waals surface area contributed by atoms with Gasteiger partial charge in [-0.3, -0.25) is 0 Å². The second-order valence-corrected chi connectivity index (χ2v) is 7.78. The molecule has 112 valence electrons. The van der Waals surface area contributed by atoms with E-state index < -0.39 is 0 Å². The lowest BCUT2D eigenvalue weighted by Crippen LogP contribution is -2.17. The number of phenols is 1. The zero-order valence-corrected chi connectivity index (χ0v) is 14.0. The third-order valence-corrected chi connectivity index (χ3v) is 3.84. The zero-order chi connectivity index (χ0) is 15.8. The van der Waals surface area contributed by atoms with Gasteiger partial charge in [-0.05, 0) is 39.2 Å². The predicted octanol–water partition coefficient (Wildman–Crippen LogP) is 5.65. The first-order valence-corrected chi connectivity index (χ1v) is 7.54. The van der Waals surface area contributed by atoms with E-state index in [2.05, 4.69) is 59.7 Å². The van der Waals surface area contributed by atoms with Crippen LogP contribution in [0.2, 0.25) is 0 Å². The van der Waals surface area contributed by atoms with Gasteiger partial charge in [-0.2, -0.15) is 0 Å². The fourth-order valence-electron chi connectivity index (χ4n) is 2.67. The molecule has 0 aromatic heterocycles. The molecule has 0 atom stereocenters. The smallest absolute Gasteiger partial charge is 0.119 e. The molecular weight excluding hydrogens is 256 g/mol. The lowest BCUT2D eigenvalue weighted by molar-refractivity contribution is 0.445. The quantitative estimate of drug-likeness (QED) is 0.716. The largest absolute Gasteiger partial charge is 0.508 e. The van der Waals surface area contributed by atoms with Crippen LogP contribution in [-0.2, 0) is 10.8 Å². The van der Waals surface area contributed by atoms with Gasteiger partial charge in [-0.25, -0.2) is 0 Å². The summed E-state index contributed by atoms with van der Waals surface area (Å²) in [6, 6.07) is 14.4. The molecule has 0 heterocycles. The number of aromatic hydroxyl groups is 1. The van der Waals surface area contributed by atoms with Gasteiger partial charge in [0, 0.05) is 0 Å². The maximum Gasteiger partial charge on any atom is 0.119 e. The lowest BCUT2D eigenvalue weighted by atomic mass is 9.77. The van der Waals surface area contributed by atoms with E-state index in [1.165, 1.54) is 5.56 Å². The van der Waals surface area contributed by atoms with Crippen molar-refractivity contribution in [2.24, 2.45) is 0 Å². The molecule has 0 saturated carbocycles. The maximum atomic E-state index is 10.5. The van der Waals surface area contributed by atoms with Crippen molar-refractivity contribution in [3.05, 3.63) is 53.6 Å². The summed E-state index contributed by atoms with van der Waals surface area (Å²) in [5.41, 5.74) is 4.51. The fraction of sp³-hybridized carbons (Fsp3) is 0.400. The van der Waals surface area contributed by atoms with Crippen molar-refractivity contribution < 1.29 is 5.11 Å². The summed E-state index contributed by atoms with van der Waals surface area (Å²) in [5.74, 6) is 0.384. The molecule has 0 aliphatic carbocycles. The third-order valence-electron chi connectivity index (χ3n) is 3.84. The van der Waals surface area contributed by atoms with E-state index >= 15 is 0 Å². The SMILES string of the molecule is CC(C)(C)c1cc(C(C)(C)C)c(-c2ccccc2)cc1O. The number of hydrogen-bond donors (Lipinski definition) is 1. The normalized spacial score (nSPS) is 12.5. The molecule has 0 aliphatic heterocycles. The molecule has 0 bridgehead atoms. The Balaban J connectivity index is 2.75. The van der Waals surface area contributed by atoms with Gasteiger partial charge in [0.2, 0.25) is 0 Å². The van der Waals surface area contributed by atoms with Crippen LogP contribution in [0, 0.1) is 0 Å². The zero-order valence-electron chi connectivity index (χ0n) is 14.0. The van der Waals surface area contributed by atoms with E-state index in [1.807, 2.05) is 24.3 Å². The van der Waals surface area contributed by atoms with Crippen molar-refractivity contribution >= 4 is 0 Å². The van der Waals surface area contributed by atoms with Gasteiger partial charge in [-0.1, -0.05) is 77.9 Å². The van der Waals surface area contributed by atoms with Crippen molar-refractivity contribution in [2.45, 2.75) is 52.4 Å². The van der Waals surface area contributed by atoms with Gasteiger partial charge < -0.3 is 5.11 Å². The van der Waals surface area contributed by atoms with Crippen molar-refractivity contribution in [1.82, 2.24) is 0 Å². The Kier molecular flexibility index (Phi) is 3.88. The van der Waals surface area contributed by atoms with E-state index in [4.69, 9.17) is 0 Å². The van der Waals surface area contributed by atoms with E-state index in [-0.39, 0.29) is 10.8 Å². The summed E-state index contributed by atoms with van der Waals surface area (Å²) < 4.78 is 0. The molecule has 2 aromatic carbocycles. The highest BCUT2D eigenvalue weighted by Gasteiger charge is 2.25. The van der Waals surface area contributed by atoms with Crippen LogP contribution < -0.4 is 0 Å². The van der Waals surface area contributed by atoms with Gasteiger partial charge >= 0.3 is 0 Å². The molecule has 21 heavy (non-hydrogen) atoms. The van der Waals surface area contributed by atoms with E-state index in [0.717, 1.165) is 16.7 Å². The average molecular weight is 282 g/mol. The van der Waals surface area contributed by atoms with Crippen molar-refractivity contribution in [2.75, 3.05) is 0 Å². The summed E-state index contributed by atoms with van der Waals surface area (Å²) in [4.78, 5) is 0. The maximum absolute atomic E-state index is 10.5. The average Bonchev–Trinajstić information content (AvgIpc) is 2.36. The minimum absolute atomic E-state index is 0.0267. The fourth-order valence-corrected chi connectivity index (χ4v) is 2.67. The van der Waals surface area contributed by atoms with Crippen LogP contribution in [-0.4, -0.2) is 5.11 Å². The van der Waals surface area contributed by atoms with E-state index in [9.17, 15) is 5.11 Å². The number of phenolic OH excluding ortho intramolecular Hbond substituents is 1. The van der Waals surface area contributed by atoms with Crippen molar-refractivity contribution in [3.63, 3.8) is 0 Å². The monoisotopic (exact) mass is 282 g/mol. The van der Waals surface area contributed by atoms with E-state index in [1.54, 1.807) is 0 Å². The molecule has 0 radical (unpaired) electrons. The first-order valence-electron chi connectivity index (χ1n) is 7.54. The lowest BCUT2D eigenvalue weighted by Gasteiger charge is -2.28. The second kappa shape index (κ2) is 5.22. The Morgan fingerprint density at radius 1 is 0.714 bits per heavy atom. The Hall–Kier alpha value is -1.76. The molecule has 1 nitrogen and oxygen atoms in total. The van der Waals surface area contributed by atoms with Crippen molar-refractivity contribution in [3.8, 4) is 16.9 Å². The highest BCUT2D eigenvalue weighted by Crippen LogP contribution is 2.41. The molecule has 1 N–H and O–H groups in total. The van der Waals surface area contributed by atoms with Crippen molar-refractivity contribution in [1.29, 1.82) is 0 Å². The van der Waals surface area contributed by atoms with Crippen LogP contribution in [0.1, 0.15) is 52.7 Å². The van der Waals surface area contributed by atoms with Crippen LogP contribution >= 0.6 is 0 Å². The minimum Gasteiger partial charge on any atom is -0.508 e. The molecule has 0 spiro atoms. The minimum atomic E-state index is -0.0701. The van der Waals surface area contributed by atoms with Crippen LogP contribution in [0.15, 0.2) is 42.5 Å². The standard InChI is InChI=1S/C20H26O/c1-19(2,3)16-13-17(20(4,5)6)18(21)12-15(16)14-10-8-7-9-11-14/h7-13,21H,1-6H3. The number of benzene rings is 2. The molecule has 1 heteroatoms. The second-order valence-electron chi connectivity index (χ2n) is 7.78. The highest BCUT2D eigenvalue weighted by atomic mass is 16.3. The summed E-state index contributed by atoms with van der Waals surface area (Å²) >= 11 is 0. The highest BCUT2D eigenvalue weighted by molar-refractivity contribution is 5.71. The Morgan fingerprint density at radius 3 is 1.71 bits per heavy atom. The summed E-state index contributed by atoms with van der Waals surface area (Å²) in [6.45, 7) is 13.1. The van der Waals surface area contributed by atoms with Gasteiger partial charge in [0.15, 0.2) is 0 Å². The van der Waals surface area contributed by atoms with Gasteiger partial charge in [0.05, 0.1) is 0 Å². The van der Waals surface area contributed by atoms with Crippen LogP contribution in [0.25, 0.3) is 11.1 Å². The summed E-state index contributed by atoms with van der Waals surface area (Å²) in [6.07, 6.45) is 0. The molecule has 2 aromatic rings. The van der Waals surface area contributed by atoms with Gasteiger partial charge in [0.25, 0.3) is 0 Å². The Bertz CT molecular complexity index is 625. The molecule has 0 fully saturated rings. The van der Waals surface area contributed by atoms with Crippen LogP contribution in [0.3, 0.4) is 0 Å². The Labute approximate surface area is 128 Å². The molecule has 0 saturated heterocycles. The van der Waals surface area contributed by atoms with Gasteiger partial charge in [-0.15, -0.1) is 0 Å².